The van der Waals surface area contributed by atoms with Crippen molar-refractivity contribution in [3.05, 3.63) is 40.5 Å². The maximum Gasteiger partial charge on any atom is 0.573 e. The van der Waals surface area contributed by atoms with Gasteiger partial charge in [-0.1, -0.05) is 0 Å². The number of aromatic hydroxyl groups is 3. The molecule has 0 unspecified atom stereocenters. The molecule has 0 radical (unpaired) electrons. The van der Waals surface area contributed by atoms with Crippen LogP contribution in [-0.4, -0.2) is 38.7 Å². The van der Waals surface area contributed by atoms with Crippen LogP contribution in [0.2, 0.25) is 0 Å². The van der Waals surface area contributed by atoms with Crippen molar-refractivity contribution in [2.24, 2.45) is 0 Å². The highest BCUT2D eigenvalue weighted by Gasteiger charge is 2.37. The number of benzene rings is 2. The smallest absolute Gasteiger partial charge is 0.507 e. The maximum absolute atomic E-state index is 14.8. The van der Waals surface area contributed by atoms with Gasteiger partial charge in [0.15, 0.2) is 34.8 Å². The molecule has 0 saturated carbocycles. The second-order valence-corrected chi connectivity index (χ2v) is 7.09. The quantitative estimate of drug-likeness (QED) is 0.296. The normalized spacial score (nSPS) is 13.8. The summed E-state index contributed by atoms with van der Waals surface area (Å²) < 4.78 is 99.8. The molecule has 1 aliphatic rings. The van der Waals surface area contributed by atoms with Crippen molar-refractivity contribution in [2.75, 3.05) is 5.32 Å². The van der Waals surface area contributed by atoms with Crippen molar-refractivity contribution in [1.82, 2.24) is 0 Å². The van der Waals surface area contributed by atoms with E-state index in [4.69, 9.17) is 5.11 Å². The highest BCUT2D eigenvalue weighted by atomic mass is 19.4. The molecular weight excluding hydrogens is 499 g/mol. The van der Waals surface area contributed by atoms with Gasteiger partial charge in [0.05, 0.1) is 11.1 Å². The van der Waals surface area contributed by atoms with Crippen molar-refractivity contribution < 1.29 is 65.5 Å². The van der Waals surface area contributed by atoms with E-state index in [1.54, 1.807) is 0 Å². The summed E-state index contributed by atoms with van der Waals surface area (Å²) in [5.74, 6) is -19.0. The Hall–Kier alpha value is -4.17. The number of halogens is 7. The van der Waals surface area contributed by atoms with Gasteiger partial charge in [-0.2, -0.15) is 0 Å². The number of amides is 1. The summed E-state index contributed by atoms with van der Waals surface area (Å²) >= 11 is 0. The van der Waals surface area contributed by atoms with E-state index in [-0.39, 0.29) is 30.9 Å². The summed E-state index contributed by atoms with van der Waals surface area (Å²) in [6.07, 6.45) is -5.50. The number of alkyl halides is 3. The molecule has 0 bridgehead atoms. The maximum atomic E-state index is 14.8. The summed E-state index contributed by atoms with van der Waals surface area (Å²) in [6.45, 7) is 0. The molecule has 0 spiro atoms. The number of rotatable bonds is 5. The van der Waals surface area contributed by atoms with Crippen LogP contribution in [-0.2, 0) is 9.59 Å². The van der Waals surface area contributed by atoms with E-state index in [9.17, 15) is 55.6 Å². The Morgan fingerprint density at radius 3 is 1.91 bits per heavy atom. The standard InChI is InChI=1S/C20H12F7NO7/c21-11-10(9-7(29)4-8(30)17(16(9)31)35-20(25,26)27)12(22)14(24)15(13(11)23)28-18(32)5-2-1-3-6(5)19(33)34/h4,29-31H,1-3H2,(H,28,32)(H,33,34). The van der Waals surface area contributed by atoms with Gasteiger partial charge in [0.25, 0.3) is 5.91 Å². The summed E-state index contributed by atoms with van der Waals surface area (Å²) in [5.41, 5.74) is -5.99. The first-order chi connectivity index (χ1) is 16.2. The van der Waals surface area contributed by atoms with Gasteiger partial charge >= 0.3 is 12.3 Å². The van der Waals surface area contributed by atoms with Gasteiger partial charge in [-0.05, 0) is 19.3 Å². The minimum Gasteiger partial charge on any atom is -0.507 e. The third kappa shape index (κ3) is 4.61. The van der Waals surface area contributed by atoms with Crippen LogP contribution in [0.25, 0.3) is 11.1 Å². The molecule has 1 aliphatic carbocycles. The minimum atomic E-state index is -5.55. The number of phenols is 3. The Morgan fingerprint density at radius 1 is 0.857 bits per heavy atom. The number of anilines is 1. The monoisotopic (exact) mass is 511 g/mol. The predicted octanol–water partition coefficient (Wildman–Crippen LogP) is 4.43. The molecular formula is C20H12F7NO7. The molecule has 35 heavy (non-hydrogen) atoms. The third-order valence-corrected chi connectivity index (χ3v) is 4.93. The largest absolute Gasteiger partial charge is 0.573 e. The van der Waals surface area contributed by atoms with Gasteiger partial charge < -0.3 is 30.5 Å². The van der Waals surface area contributed by atoms with E-state index in [2.05, 4.69) is 4.74 Å². The molecule has 0 saturated heterocycles. The van der Waals surface area contributed by atoms with E-state index in [0.29, 0.717) is 0 Å². The summed E-state index contributed by atoms with van der Waals surface area (Å²) in [7, 11) is 0. The fraction of sp³-hybridized carbons (Fsp3) is 0.200. The highest BCUT2D eigenvalue weighted by molar-refractivity contribution is 6.09. The second-order valence-electron chi connectivity index (χ2n) is 7.09. The lowest BCUT2D eigenvalue weighted by molar-refractivity contribution is -0.275. The topological polar surface area (TPSA) is 136 Å². The average molecular weight is 511 g/mol. The third-order valence-electron chi connectivity index (χ3n) is 4.93. The predicted molar refractivity (Wildman–Crippen MR) is 101 cm³/mol. The molecule has 1 amide bonds. The Bertz CT molecular complexity index is 1260. The lowest BCUT2D eigenvalue weighted by Gasteiger charge is -2.18. The summed E-state index contributed by atoms with van der Waals surface area (Å²) in [5, 5.41) is 39.9. The zero-order chi connectivity index (χ0) is 26.4. The first kappa shape index (κ1) is 25.5. The molecule has 188 valence electrons. The van der Waals surface area contributed by atoms with E-state index >= 15 is 0 Å². The average Bonchev–Trinajstić information content (AvgIpc) is 3.25. The molecule has 3 rings (SSSR count). The molecule has 0 fully saturated rings. The van der Waals surface area contributed by atoms with Crippen molar-refractivity contribution in [1.29, 1.82) is 0 Å². The van der Waals surface area contributed by atoms with Crippen molar-refractivity contribution in [3.8, 4) is 34.1 Å². The van der Waals surface area contributed by atoms with Crippen LogP contribution >= 0.6 is 0 Å². The summed E-state index contributed by atoms with van der Waals surface area (Å²) in [4.78, 5) is 23.5. The second kappa shape index (κ2) is 8.88. The van der Waals surface area contributed by atoms with E-state index in [1.165, 1.54) is 5.32 Å². The molecule has 15 heteroatoms. The Labute approximate surface area is 189 Å². The highest BCUT2D eigenvalue weighted by Crippen LogP contribution is 2.52. The van der Waals surface area contributed by atoms with E-state index in [0.717, 1.165) is 0 Å². The fourth-order valence-electron chi connectivity index (χ4n) is 3.47. The molecule has 0 aromatic heterocycles. The van der Waals surface area contributed by atoms with Crippen LogP contribution in [0.4, 0.5) is 36.4 Å². The zero-order valence-corrected chi connectivity index (χ0v) is 16.9. The Kier molecular flexibility index (Phi) is 6.46. The number of carbonyl (C=O) groups is 2. The number of phenolic OH excluding ortho intramolecular Hbond substituents is 3. The number of hydrogen-bond acceptors (Lipinski definition) is 6. The lowest BCUT2D eigenvalue weighted by atomic mass is 9.99. The molecule has 0 heterocycles. The van der Waals surface area contributed by atoms with Gasteiger partial charge in [0.1, 0.15) is 11.4 Å². The van der Waals surface area contributed by atoms with E-state index in [1.807, 2.05) is 0 Å². The van der Waals surface area contributed by atoms with Gasteiger partial charge in [-0.3, -0.25) is 4.79 Å². The number of carboxylic acids is 1. The van der Waals surface area contributed by atoms with Crippen molar-refractivity contribution in [3.63, 3.8) is 0 Å². The molecule has 0 atom stereocenters. The number of carbonyl (C=O) groups excluding carboxylic acids is 1. The van der Waals surface area contributed by atoms with Crippen LogP contribution in [0.1, 0.15) is 19.3 Å². The molecule has 2 aromatic rings. The Morgan fingerprint density at radius 2 is 1.40 bits per heavy atom. The first-order valence-electron chi connectivity index (χ1n) is 9.32. The van der Waals surface area contributed by atoms with Crippen molar-refractivity contribution in [2.45, 2.75) is 25.6 Å². The number of aliphatic carboxylic acids is 1. The van der Waals surface area contributed by atoms with Crippen LogP contribution in [0.5, 0.6) is 23.0 Å². The fourth-order valence-corrected chi connectivity index (χ4v) is 3.47. The van der Waals surface area contributed by atoms with E-state index < -0.39 is 86.9 Å². The van der Waals surface area contributed by atoms with Crippen LogP contribution in [0.3, 0.4) is 0 Å². The number of nitrogens with one attached hydrogen (secondary N) is 1. The number of hydrogen-bond donors (Lipinski definition) is 5. The molecule has 2 aromatic carbocycles. The first-order valence-corrected chi connectivity index (χ1v) is 9.32. The molecule has 0 aliphatic heterocycles. The van der Waals surface area contributed by atoms with Crippen LogP contribution < -0.4 is 10.1 Å². The minimum absolute atomic E-state index is 0.0492. The van der Waals surface area contributed by atoms with Crippen molar-refractivity contribution >= 4 is 17.6 Å². The molecule has 5 N–H and O–H groups in total. The summed E-state index contributed by atoms with van der Waals surface area (Å²) in [6, 6.07) is 0.0561. The van der Waals surface area contributed by atoms with Crippen LogP contribution in [0, 0.1) is 23.3 Å². The van der Waals surface area contributed by atoms with Gasteiger partial charge in [-0.15, -0.1) is 13.2 Å². The lowest BCUT2D eigenvalue weighted by Crippen LogP contribution is -2.19. The number of carboxylic acid groups (broad SMARTS) is 1. The van der Waals surface area contributed by atoms with Gasteiger partial charge in [-0.25, -0.2) is 22.4 Å². The SMILES string of the molecule is O=C(O)C1=C(C(=O)Nc2c(F)c(F)c(-c3c(O)cc(O)c(OC(F)(F)F)c3O)c(F)c2F)CCC1. The van der Waals surface area contributed by atoms with Gasteiger partial charge in [0, 0.05) is 17.2 Å². The van der Waals surface area contributed by atoms with Crippen LogP contribution in [0.15, 0.2) is 17.2 Å². The van der Waals surface area contributed by atoms with Gasteiger partial charge in [0.2, 0.25) is 5.75 Å². The Balaban J connectivity index is 2.17. The zero-order valence-electron chi connectivity index (χ0n) is 16.9. The number of ether oxygens (including phenoxy) is 1. The molecule has 8 nitrogen and oxygen atoms in total.